The number of ether oxygens (including phenoxy) is 2. The zero-order chi connectivity index (χ0) is 13.7. The van der Waals surface area contributed by atoms with Crippen molar-refractivity contribution in [1.82, 2.24) is 5.32 Å². The Balaban J connectivity index is 2.04. The normalized spacial score (nSPS) is 20.4. The van der Waals surface area contributed by atoms with E-state index in [1.54, 1.807) is 6.07 Å². The largest absolute Gasteiger partial charge is 0.463 e. The van der Waals surface area contributed by atoms with E-state index in [-0.39, 0.29) is 17.9 Å². The summed E-state index contributed by atoms with van der Waals surface area (Å²) >= 11 is 0. The fourth-order valence-electron chi connectivity index (χ4n) is 2.39. The molecule has 0 bridgehead atoms. The van der Waals surface area contributed by atoms with Crippen molar-refractivity contribution in [1.29, 1.82) is 0 Å². The van der Waals surface area contributed by atoms with Gasteiger partial charge in [0.15, 0.2) is 0 Å². The molecule has 2 heterocycles. The fourth-order valence-corrected chi connectivity index (χ4v) is 2.39. The molecule has 1 N–H and O–H groups in total. The predicted molar refractivity (Wildman–Crippen MR) is 70.1 cm³/mol. The van der Waals surface area contributed by atoms with Gasteiger partial charge in [-0.3, -0.25) is 0 Å². The number of carbonyl (C=O) groups is 1. The smallest absolute Gasteiger partial charge is 0.373 e. The highest BCUT2D eigenvalue weighted by Gasteiger charge is 2.24. The van der Waals surface area contributed by atoms with Gasteiger partial charge in [-0.2, -0.15) is 0 Å². The van der Waals surface area contributed by atoms with E-state index >= 15 is 0 Å². The number of hydrogen-bond acceptors (Lipinski definition) is 5. The summed E-state index contributed by atoms with van der Waals surface area (Å²) in [5.41, 5.74) is 0. The minimum Gasteiger partial charge on any atom is -0.463 e. The van der Waals surface area contributed by atoms with Crippen LogP contribution in [0.25, 0.3) is 0 Å². The third kappa shape index (κ3) is 3.58. The first-order valence-electron chi connectivity index (χ1n) is 6.77. The van der Waals surface area contributed by atoms with Gasteiger partial charge in [0.25, 0.3) is 0 Å². The second-order valence-corrected chi connectivity index (χ2v) is 4.67. The average Bonchev–Trinajstić information content (AvgIpc) is 3.08. The van der Waals surface area contributed by atoms with Crippen LogP contribution in [0.4, 0.5) is 0 Å². The zero-order valence-corrected chi connectivity index (χ0v) is 11.5. The number of esters is 1. The van der Waals surface area contributed by atoms with Crippen molar-refractivity contribution < 1.29 is 18.7 Å². The molecule has 2 atom stereocenters. The lowest BCUT2D eigenvalue weighted by molar-refractivity contribution is 0.0559. The van der Waals surface area contributed by atoms with E-state index in [1.807, 2.05) is 13.0 Å². The molecule has 106 valence electrons. The molecule has 1 aliphatic rings. The van der Waals surface area contributed by atoms with Crippen LogP contribution >= 0.6 is 0 Å². The highest BCUT2D eigenvalue weighted by atomic mass is 16.5. The second-order valence-electron chi connectivity index (χ2n) is 4.67. The summed E-state index contributed by atoms with van der Waals surface area (Å²) in [6.45, 7) is 3.73. The second kappa shape index (κ2) is 6.73. The lowest BCUT2D eigenvalue weighted by Crippen LogP contribution is -2.24. The molecule has 19 heavy (non-hydrogen) atoms. The van der Waals surface area contributed by atoms with E-state index in [2.05, 4.69) is 10.1 Å². The van der Waals surface area contributed by atoms with Crippen molar-refractivity contribution in [2.24, 2.45) is 0 Å². The Hall–Kier alpha value is -1.33. The maximum Gasteiger partial charge on any atom is 0.373 e. The van der Waals surface area contributed by atoms with Gasteiger partial charge in [-0.25, -0.2) is 4.79 Å². The van der Waals surface area contributed by atoms with Gasteiger partial charge < -0.3 is 19.2 Å². The fraction of sp³-hybridized carbons (Fsp3) is 0.643. The van der Waals surface area contributed by atoms with E-state index in [0.717, 1.165) is 38.2 Å². The third-order valence-corrected chi connectivity index (χ3v) is 3.33. The van der Waals surface area contributed by atoms with E-state index in [0.29, 0.717) is 0 Å². The zero-order valence-electron chi connectivity index (χ0n) is 11.5. The summed E-state index contributed by atoms with van der Waals surface area (Å²) in [5.74, 6) is 0.559. The summed E-state index contributed by atoms with van der Waals surface area (Å²) in [7, 11) is 1.35. The average molecular weight is 267 g/mol. The van der Waals surface area contributed by atoms with Crippen molar-refractivity contribution in [3.63, 3.8) is 0 Å². The first kappa shape index (κ1) is 14.1. The lowest BCUT2D eigenvalue weighted by atomic mass is 10.0. The van der Waals surface area contributed by atoms with Gasteiger partial charge in [-0.15, -0.1) is 0 Å². The van der Waals surface area contributed by atoms with Gasteiger partial charge in [-0.1, -0.05) is 6.92 Å². The summed E-state index contributed by atoms with van der Waals surface area (Å²) < 4.78 is 15.9. The Morgan fingerprint density at radius 2 is 2.42 bits per heavy atom. The predicted octanol–water partition coefficient (Wildman–Crippen LogP) is 2.29. The maximum atomic E-state index is 11.4. The quantitative estimate of drug-likeness (QED) is 0.801. The molecule has 5 nitrogen and oxygen atoms in total. The van der Waals surface area contributed by atoms with Gasteiger partial charge in [0.1, 0.15) is 5.76 Å². The van der Waals surface area contributed by atoms with Crippen LogP contribution < -0.4 is 5.32 Å². The minimum absolute atomic E-state index is 0.0755. The number of furan rings is 1. The third-order valence-electron chi connectivity index (χ3n) is 3.33. The van der Waals surface area contributed by atoms with Gasteiger partial charge in [0.2, 0.25) is 5.76 Å². The van der Waals surface area contributed by atoms with E-state index in [9.17, 15) is 4.79 Å². The van der Waals surface area contributed by atoms with Crippen LogP contribution in [0.5, 0.6) is 0 Å². The Kier molecular flexibility index (Phi) is 4.99. The van der Waals surface area contributed by atoms with Crippen LogP contribution in [-0.2, 0) is 9.47 Å². The highest BCUT2D eigenvalue weighted by molar-refractivity contribution is 5.86. The molecule has 0 aliphatic carbocycles. The molecular formula is C14H21NO4. The topological polar surface area (TPSA) is 60.7 Å². The standard InChI is InChI=1S/C14H21NO4/c1-3-15-11(9-10-5-4-8-18-10)12-6-7-13(19-12)14(16)17-2/h6-7,10-11,15H,3-5,8-9H2,1-2H3. The van der Waals surface area contributed by atoms with Gasteiger partial charge >= 0.3 is 5.97 Å². The van der Waals surface area contributed by atoms with Crippen LogP contribution in [0.2, 0.25) is 0 Å². The number of methoxy groups -OCH3 is 1. The molecular weight excluding hydrogens is 246 g/mol. The number of carbonyl (C=O) groups excluding carboxylic acids is 1. The van der Waals surface area contributed by atoms with E-state index < -0.39 is 5.97 Å². The molecule has 1 saturated heterocycles. The molecule has 1 aromatic heterocycles. The van der Waals surface area contributed by atoms with Crippen molar-refractivity contribution in [2.45, 2.75) is 38.3 Å². The van der Waals surface area contributed by atoms with Crippen LogP contribution in [0.15, 0.2) is 16.5 Å². The van der Waals surface area contributed by atoms with Crippen molar-refractivity contribution in [3.05, 3.63) is 23.7 Å². The summed E-state index contributed by atoms with van der Waals surface area (Å²) in [6.07, 6.45) is 3.35. The molecule has 0 radical (unpaired) electrons. The molecule has 1 fully saturated rings. The van der Waals surface area contributed by atoms with Crippen LogP contribution in [0.1, 0.15) is 48.5 Å². The first-order valence-corrected chi connectivity index (χ1v) is 6.77. The highest BCUT2D eigenvalue weighted by Crippen LogP contribution is 2.26. The molecule has 1 aromatic rings. The Labute approximate surface area is 113 Å². The van der Waals surface area contributed by atoms with Crippen molar-refractivity contribution >= 4 is 5.97 Å². The minimum atomic E-state index is -0.446. The Bertz CT molecular complexity index is 409. The lowest BCUT2D eigenvalue weighted by Gasteiger charge is -2.19. The molecule has 0 aromatic carbocycles. The van der Waals surface area contributed by atoms with E-state index in [1.165, 1.54) is 7.11 Å². The number of rotatable bonds is 6. The molecule has 0 amide bonds. The summed E-state index contributed by atoms with van der Waals surface area (Å²) in [4.78, 5) is 11.4. The van der Waals surface area contributed by atoms with Crippen LogP contribution in [0, 0.1) is 0 Å². The summed E-state index contributed by atoms with van der Waals surface area (Å²) in [6, 6.07) is 3.56. The summed E-state index contributed by atoms with van der Waals surface area (Å²) in [5, 5.41) is 3.37. The van der Waals surface area contributed by atoms with Crippen LogP contribution in [-0.4, -0.2) is 32.3 Å². The SMILES string of the molecule is CCNC(CC1CCCO1)c1ccc(C(=O)OC)o1. The molecule has 2 rings (SSSR count). The van der Waals surface area contributed by atoms with E-state index in [4.69, 9.17) is 9.15 Å². The molecule has 0 spiro atoms. The Morgan fingerprint density at radius 3 is 3.05 bits per heavy atom. The number of hydrogen-bond donors (Lipinski definition) is 1. The van der Waals surface area contributed by atoms with Crippen LogP contribution in [0.3, 0.4) is 0 Å². The Morgan fingerprint density at radius 1 is 1.58 bits per heavy atom. The molecule has 0 saturated carbocycles. The molecule has 2 unspecified atom stereocenters. The van der Waals surface area contributed by atoms with Gasteiger partial charge in [0, 0.05) is 6.61 Å². The molecule has 1 aliphatic heterocycles. The first-order chi connectivity index (χ1) is 9.24. The van der Waals surface area contributed by atoms with Gasteiger partial charge in [-0.05, 0) is 37.9 Å². The maximum absolute atomic E-state index is 11.4. The number of nitrogens with one attached hydrogen (secondary N) is 1. The van der Waals surface area contributed by atoms with Gasteiger partial charge in [0.05, 0.1) is 19.3 Å². The van der Waals surface area contributed by atoms with Crippen molar-refractivity contribution in [2.75, 3.05) is 20.3 Å². The van der Waals surface area contributed by atoms with Crippen molar-refractivity contribution in [3.8, 4) is 0 Å². The molecule has 5 heteroatoms. The monoisotopic (exact) mass is 267 g/mol.